The molecular weight excluding hydrogens is 306 g/mol. The number of rotatable bonds is 5. The molecule has 0 unspecified atom stereocenters. The van der Waals surface area contributed by atoms with Gasteiger partial charge < -0.3 is 4.90 Å². The van der Waals surface area contributed by atoms with Crippen LogP contribution in [0.25, 0.3) is 0 Å². The summed E-state index contributed by atoms with van der Waals surface area (Å²) in [6, 6.07) is 9.58. The van der Waals surface area contributed by atoms with E-state index in [1.165, 1.54) is 0 Å². The van der Waals surface area contributed by atoms with Crippen molar-refractivity contribution < 1.29 is 4.79 Å². The first-order valence-corrected chi connectivity index (χ1v) is 8.32. The Morgan fingerprint density at radius 1 is 1.17 bits per heavy atom. The zero-order valence-electron chi connectivity index (χ0n) is 12.8. The third kappa shape index (κ3) is 3.63. The van der Waals surface area contributed by atoms with E-state index in [-0.39, 0.29) is 11.8 Å². The summed E-state index contributed by atoms with van der Waals surface area (Å²) in [5, 5.41) is 4.08. The Labute approximate surface area is 139 Å². The molecule has 0 radical (unpaired) electrons. The highest BCUT2D eigenvalue weighted by Gasteiger charge is 2.24. The first-order valence-electron chi connectivity index (χ1n) is 7.38. The molecule has 0 aliphatic heterocycles. The summed E-state index contributed by atoms with van der Waals surface area (Å²) in [5.74, 6) is -0.222. The monoisotopic (exact) mass is 323 g/mol. The maximum Gasteiger partial charge on any atom is 0.234 e. The van der Waals surface area contributed by atoms with E-state index in [2.05, 4.69) is 15.3 Å². The fourth-order valence-electron chi connectivity index (χ4n) is 2.38. The van der Waals surface area contributed by atoms with Crippen molar-refractivity contribution >= 4 is 22.9 Å². The third-order valence-electron chi connectivity index (χ3n) is 3.70. The van der Waals surface area contributed by atoms with Crippen molar-refractivity contribution in [1.29, 1.82) is 0 Å². The van der Waals surface area contributed by atoms with Crippen molar-refractivity contribution in [3.05, 3.63) is 77.0 Å². The SMILES string of the molecule is C[C@H](C(=O)N(Cc1ccsc1)c1cccnc1)c1cccnc1. The lowest BCUT2D eigenvalue weighted by atomic mass is 10.0. The van der Waals surface area contributed by atoms with Gasteiger partial charge in [0.25, 0.3) is 0 Å². The van der Waals surface area contributed by atoms with E-state index < -0.39 is 0 Å². The number of hydrogen-bond acceptors (Lipinski definition) is 4. The topological polar surface area (TPSA) is 46.1 Å². The van der Waals surface area contributed by atoms with Gasteiger partial charge in [-0.25, -0.2) is 0 Å². The van der Waals surface area contributed by atoms with Crippen LogP contribution in [0.5, 0.6) is 0 Å². The van der Waals surface area contributed by atoms with Crippen LogP contribution in [0, 0.1) is 0 Å². The fourth-order valence-corrected chi connectivity index (χ4v) is 3.04. The van der Waals surface area contributed by atoms with Gasteiger partial charge in [0, 0.05) is 18.6 Å². The first-order chi connectivity index (χ1) is 11.3. The highest BCUT2D eigenvalue weighted by molar-refractivity contribution is 7.07. The van der Waals surface area contributed by atoms with Crippen molar-refractivity contribution in [3.8, 4) is 0 Å². The van der Waals surface area contributed by atoms with E-state index in [4.69, 9.17) is 0 Å². The van der Waals surface area contributed by atoms with Crippen LogP contribution in [0.2, 0.25) is 0 Å². The van der Waals surface area contributed by atoms with E-state index in [0.29, 0.717) is 6.54 Å². The minimum absolute atomic E-state index is 0.0391. The van der Waals surface area contributed by atoms with E-state index in [1.807, 2.05) is 42.6 Å². The normalized spacial score (nSPS) is 11.9. The molecule has 0 aliphatic rings. The van der Waals surface area contributed by atoms with Crippen LogP contribution in [0.1, 0.15) is 24.0 Å². The number of thiophene rings is 1. The maximum absolute atomic E-state index is 13.0. The summed E-state index contributed by atoms with van der Waals surface area (Å²) in [6.45, 7) is 2.45. The highest BCUT2D eigenvalue weighted by Crippen LogP contribution is 2.24. The molecule has 0 fully saturated rings. The van der Waals surface area contributed by atoms with Gasteiger partial charge in [-0.3, -0.25) is 14.8 Å². The van der Waals surface area contributed by atoms with Crippen LogP contribution in [-0.4, -0.2) is 15.9 Å². The Kier molecular flexibility index (Phi) is 4.78. The molecule has 0 N–H and O–H groups in total. The van der Waals surface area contributed by atoms with Gasteiger partial charge in [-0.1, -0.05) is 6.07 Å². The molecule has 0 saturated heterocycles. The summed E-state index contributed by atoms with van der Waals surface area (Å²) >= 11 is 1.63. The first kappa shape index (κ1) is 15.4. The molecule has 3 heterocycles. The molecule has 1 amide bonds. The zero-order valence-corrected chi connectivity index (χ0v) is 13.6. The van der Waals surface area contributed by atoms with Gasteiger partial charge >= 0.3 is 0 Å². The van der Waals surface area contributed by atoms with Gasteiger partial charge in [-0.05, 0) is 53.1 Å². The lowest BCUT2D eigenvalue weighted by molar-refractivity contribution is -0.119. The van der Waals surface area contributed by atoms with E-state index in [1.54, 1.807) is 41.0 Å². The molecule has 5 heteroatoms. The van der Waals surface area contributed by atoms with Crippen LogP contribution in [0.3, 0.4) is 0 Å². The molecule has 23 heavy (non-hydrogen) atoms. The van der Waals surface area contributed by atoms with Gasteiger partial charge in [0.15, 0.2) is 0 Å². The molecule has 0 saturated carbocycles. The minimum atomic E-state index is -0.262. The predicted molar refractivity (Wildman–Crippen MR) is 92.4 cm³/mol. The third-order valence-corrected chi connectivity index (χ3v) is 4.43. The summed E-state index contributed by atoms with van der Waals surface area (Å²) in [6.07, 6.45) is 6.89. The van der Waals surface area contributed by atoms with Gasteiger partial charge in [0.2, 0.25) is 5.91 Å². The van der Waals surface area contributed by atoms with Crippen LogP contribution in [0.4, 0.5) is 5.69 Å². The standard InChI is InChI=1S/C18H17N3OS/c1-14(16-4-2-7-19-10-16)18(22)21(12-15-6-9-23-13-15)17-5-3-8-20-11-17/h2-11,13-14H,12H2,1H3/t14-/m0/s1. The fraction of sp³-hybridized carbons (Fsp3) is 0.167. The number of anilines is 1. The van der Waals surface area contributed by atoms with Crippen molar-refractivity contribution in [1.82, 2.24) is 9.97 Å². The molecule has 1 atom stereocenters. The van der Waals surface area contributed by atoms with E-state index >= 15 is 0 Å². The molecule has 0 aromatic carbocycles. The lowest BCUT2D eigenvalue weighted by Crippen LogP contribution is -2.33. The number of hydrogen-bond donors (Lipinski definition) is 0. The minimum Gasteiger partial charge on any atom is -0.306 e. The molecule has 4 nitrogen and oxygen atoms in total. The Balaban J connectivity index is 1.89. The number of amides is 1. The van der Waals surface area contributed by atoms with Crippen LogP contribution in [0.15, 0.2) is 65.9 Å². The van der Waals surface area contributed by atoms with Gasteiger partial charge in [-0.2, -0.15) is 11.3 Å². The second-order valence-corrected chi connectivity index (χ2v) is 6.06. The Hall–Kier alpha value is -2.53. The Morgan fingerprint density at radius 3 is 2.57 bits per heavy atom. The Morgan fingerprint density at radius 2 is 1.96 bits per heavy atom. The van der Waals surface area contributed by atoms with E-state index in [0.717, 1.165) is 16.8 Å². The van der Waals surface area contributed by atoms with E-state index in [9.17, 15) is 4.79 Å². The van der Waals surface area contributed by atoms with Crippen molar-refractivity contribution in [2.45, 2.75) is 19.4 Å². The summed E-state index contributed by atoms with van der Waals surface area (Å²) in [4.78, 5) is 23.1. The second kappa shape index (κ2) is 7.15. The quantitative estimate of drug-likeness (QED) is 0.716. The molecule has 0 bridgehead atoms. The lowest BCUT2D eigenvalue weighted by Gasteiger charge is -2.25. The number of pyridine rings is 2. The van der Waals surface area contributed by atoms with Gasteiger partial charge in [-0.15, -0.1) is 0 Å². The average Bonchev–Trinajstić information content (AvgIpc) is 3.13. The van der Waals surface area contributed by atoms with Crippen molar-refractivity contribution in [2.24, 2.45) is 0 Å². The molecule has 116 valence electrons. The van der Waals surface area contributed by atoms with Crippen LogP contribution >= 0.6 is 11.3 Å². The van der Waals surface area contributed by atoms with Gasteiger partial charge in [0.1, 0.15) is 0 Å². The number of nitrogens with zero attached hydrogens (tertiary/aromatic N) is 3. The predicted octanol–water partition coefficient (Wildman–Crippen LogP) is 3.88. The second-order valence-electron chi connectivity index (χ2n) is 5.28. The van der Waals surface area contributed by atoms with Crippen LogP contribution in [-0.2, 0) is 11.3 Å². The molecule has 3 rings (SSSR count). The number of aromatic nitrogens is 2. The summed E-state index contributed by atoms with van der Waals surface area (Å²) in [7, 11) is 0. The largest absolute Gasteiger partial charge is 0.306 e. The molecule has 0 aliphatic carbocycles. The van der Waals surface area contributed by atoms with Crippen molar-refractivity contribution in [3.63, 3.8) is 0 Å². The smallest absolute Gasteiger partial charge is 0.234 e. The number of carbonyl (C=O) groups is 1. The average molecular weight is 323 g/mol. The Bertz CT molecular complexity index is 744. The summed E-state index contributed by atoms with van der Waals surface area (Å²) < 4.78 is 0. The zero-order chi connectivity index (χ0) is 16.1. The number of carbonyl (C=O) groups excluding carboxylic acids is 1. The van der Waals surface area contributed by atoms with Crippen molar-refractivity contribution in [2.75, 3.05) is 4.90 Å². The molecule has 0 spiro atoms. The molecule has 3 aromatic heterocycles. The summed E-state index contributed by atoms with van der Waals surface area (Å²) in [5.41, 5.74) is 2.83. The van der Waals surface area contributed by atoms with Gasteiger partial charge in [0.05, 0.1) is 24.3 Å². The maximum atomic E-state index is 13.0. The molecular formula is C18H17N3OS. The highest BCUT2D eigenvalue weighted by atomic mass is 32.1. The molecule has 3 aromatic rings. The van der Waals surface area contributed by atoms with Crippen LogP contribution < -0.4 is 4.90 Å².